The van der Waals surface area contributed by atoms with Crippen LogP contribution in [-0.4, -0.2) is 36.9 Å². The van der Waals surface area contributed by atoms with E-state index < -0.39 is 0 Å². The fraction of sp³-hybridized carbons (Fsp3) is 0.625. The Hall–Kier alpha value is -0.670. The molecule has 3 heteroatoms. The largest absolute Gasteiger partial charge is 0.496 e. The van der Waals surface area contributed by atoms with Crippen molar-refractivity contribution in [2.75, 3.05) is 26.0 Å². The first-order valence-electron chi connectivity index (χ1n) is 7.32. The number of ether oxygens (including phenoxy) is 1. The van der Waals surface area contributed by atoms with E-state index >= 15 is 0 Å². The number of fused-ring (bicyclic) bond motifs is 1. The molecular formula is C16H25NOS. The van der Waals surface area contributed by atoms with Gasteiger partial charge in [-0.3, -0.25) is 4.90 Å². The minimum absolute atomic E-state index is 0.661. The lowest BCUT2D eigenvalue weighted by atomic mass is 10.0. The van der Waals surface area contributed by atoms with E-state index in [1.54, 1.807) is 7.11 Å². The number of thioether (sulfide) groups is 1. The quantitative estimate of drug-likeness (QED) is 0.785. The van der Waals surface area contributed by atoms with Crippen molar-refractivity contribution in [3.8, 4) is 5.75 Å². The SMILES string of the molecule is CCCN(CCC)C1CSc2cccc(OC)c2C1. The summed E-state index contributed by atoms with van der Waals surface area (Å²) in [5, 5.41) is 0. The molecule has 0 radical (unpaired) electrons. The Bertz CT molecular complexity index is 387. The van der Waals surface area contributed by atoms with Crippen LogP contribution < -0.4 is 4.74 Å². The van der Waals surface area contributed by atoms with E-state index in [4.69, 9.17) is 4.74 Å². The first kappa shape index (κ1) is 14.7. The molecule has 0 saturated heterocycles. The summed E-state index contributed by atoms with van der Waals surface area (Å²) in [6, 6.07) is 7.07. The van der Waals surface area contributed by atoms with Gasteiger partial charge in [0.15, 0.2) is 0 Å². The molecule has 0 bridgehead atoms. The predicted molar refractivity (Wildman–Crippen MR) is 83.4 cm³/mol. The second kappa shape index (κ2) is 7.20. The molecular weight excluding hydrogens is 254 g/mol. The first-order chi connectivity index (χ1) is 9.30. The molecule has 0 fully saturated rings. The van der Waals surface area contributed by atoms with Crippen LogP contribution in [0.2, 0.25) is 0 Å². The lowest BCUT2D eigenvalue weighted by Gasteiger charge is -2.35. The third kappa shape index (κ3) is 3.46. The summed E-state index contributed by atoms with van der Waals surface area (Å²) in [4.78, 5) is 4.06. The third-order valence-corrected chi connectivity index (χ3v) is 4.96. The molecule has 19 heavy (non-hydrogen) atoms. The van der Waals surface area contributed by atoms with Crippen LogP contribution in [0, 0.1) is 0 Å². The number of benzene rings is 1. The van der Waals surface area contributed by atoms with Crippen molar-refractivity contribution in [3.05, 3.63) is 23.8 Å². The molecule has 0 amide bonds. The van der Waals surface area contributed by atoms with Crippen molar-refractivity contribution in [2.24, 2.45) is 0 Å². The number of nitrogens with zero attached hydrogens (tertiary/aromatic N) is 1. The van der Waals surface area contributed by atoms with Gasteiger partial charge in [-0.05, 0) is 44.5 Å². The fourth-order valence-corrected chi connectivity index (χ4v) is 4.07. The van der Waals surface area contributed by atoms with Gasteiger partial charge in [0.1, 0.15) is 5.75 Å². The van der Waals surface area contributed by atoms with Crippen molar-refractivity contribution in [2.45, 2.75) is 44.0 Å². The average molecular weight is 279 g/mol. The van der Waals surface area contributed by atoms with Crippen LogP contribution in [0.3, 0.4) is 0 Å². The summed E-state index contributed by atoms with van der Waals surface area (Å²) >= 11 is 1.98. The van der Waals surface area contributed by atoms with Crippen LogP contribution in [0.1, 0.15) is 32.3 Å². The second-order valence-corrected chi connectivity index (χ2v) is 6.20. The Kier molecular flexibility index (Phi) is 5.59. The second-order valence-electron chi connectivity index (χ2n) is 5.14. The Morgan fingerprint density at radius 3 is 2.63 bits per heavy atom. The van der Waals surface area contributed by atoms with Gasteiger partial charge in [-0.2, -0.15) is 0 Å². The zero-order valence-corrected chi connectivity index (χ0v) is 13.1. The van der Waals surface area contributed by atoms with Crippen LogP contribution in [0.25, 0.3) is 0 Å². The maximum absolute atomic E-state index is 5.53. The van der Waals surface area contributed by atoms with Crippen LogP contribution in [0.15, 0.2) is 23.1 Å². The van der Waals surface area contributed by atoms with E-state index in [2.05, 4.69) is 36.9 Å². The van der Waals surface area contributed by atoms with Gasteiger partial charge in [0.25, 0.3) is 0 Å². The maximum atomic E-state index is 5.53. The van der Waals surface area contributed by atoms with Crippen LogP contribution in [0.4, 0.5) is 0 Å². The van der Waals surface area contributed by atoms with Crippen molar-refractivity contribution < 1.29 is 4.74 Å². The van der Waals surface area contributed by atoms with E-state index in [1.165, 1.54) is 42.1 Å². The molecule has 0 aliphatic carbocycles. The minimum atomic E-state index is 0.661. The van der Waals surface area contributed by atoms with Crippen molar-refractivity contribution >= 4 is 11.8 Å². The zero-order valence-electron chi connectivity index (χ0n) is 12.3. The van der Waals surface area contributed by atoms with Crippen LogP contribution in [-0.2, 0) is 6.42 Å². The lowest BCUT2D eigenvalue weighted by Crippen LogP contribution is -2.41. The molecule has 1 aromatic carbocycles. The smallest absolute Gasteiger partial charge is 0.123 e. The van der Waals surface area contributed by atoms with Gasteiger partial charge in [0, 0.05) is 22.3 Å². The van der Waals surface area contributed by atoms with Gasteiger partial charge in [-0.1, -0.05) is 19.9 Å². The summed E-state index contributed by atoms with van der Waals surface area (Å²) < 4.78 is 5.53. The fourth-order valence-electron chi connectivity index (χ4n) is 2.84. The molecule has 1 aliphatic heterocycles. The molecule has 1 aromatic rings. The average Bonchev–Trinajstić information content (AvgIpc) is 2.46. The standard InChI is InChI=1S/C16H25NOS/c1-4-9-17(10-5-2)13-11-14-15(18-3)7-6-8-16(14)19-12-13/h6-8,13H,4-5,9-12H2,1-3H3. The summed E-state index contributed by atoms with van der Waals surface area (Å²) in [7, 11) is 1.78. The molecule has 0 saturated carbocycles. The maximum Gasteiger partial charge on any atom is 0.123 e. The Morgan fingerprint density at radius 1 is 1.26 bits per heavy atom. The number of hydrogen-bond acceptors (Lipinski definition) is 3. The van der Waals surface area contributed by atoms with Gasteiger partial charge < -0.3 is 4.74 Å². The van der Waals surface area contributed by atoms with Crippen molar-refractivity contribution in [1.29, 1.82) is 0 Å². The highest BCUT2D eigenvalue weighted by Crippen LogP contribution is 2.37. The summed E-state index contributed by atoms with van der Waals surface area (Å²) in [5.74, 6) is 2.27. The number of hydrogen-bond donors (Lipinski definition) is 0. The van der Waals surface area contributed by atoms with Gasteiger partial charge in [0.2, 0.25) is 0 Å². The van der Waals surface area contributed by atoms with E-state index in [9.17, 15) is 0 Å². The van der Waals surface area contributed by atoms with E-state index in [0.717, 1.165) is 12.2 Å². The molecule has 0 spiro atoms. The Labute approximate surface area is 121 Å². The van der Waals surface area contributed by atoms with Crippen LogP contribution in [0.5, 0.6) is 5.75 Å². The molecule has 0 aromatic heterocycles. The lowest BCUT2D eigenvalue weighted by molar-refractivity contribution is 0.208. The molecule has 0 N–H and O–H groups in total. The topological polar surface area (TPSA) is 12.5 Å². The van der Waals surface area contributed by atoms with Crippen LogP contribution >= 0.6 is 11.8 Å². The van der Waals surface area contributed by atoms with Gasteiger partial charge in [0.05, 0.1) is 7.11 Å². The monoisotopic (exact) mass is 279 g/mol. The highest BCUT2D eigenvalue weighted by molar-refractivity contribution is 7.99. The van der Waals surface area contributed by atoms with E-state index in [-0.39, 0.29) is 0 Å². The number of methoxy groups -OCH3 is 1. The Morgan fingerprint density at radius 2 is 2.00 bits per heavy atom. The predicted octanol–water partition coefficient (Wildman–Crippen LogP) is 3.83. The third-order valence-electron chi connectivity index (χ3n) is 3.72. The van der Waals surface area contributed by atoms with Gasteiger partial charge >= 0.3 is 0 Å². The van der Waals surface area contributed by atoms with E-state index in [0.29, 0.717) is 6.04 Å². The minimum Gasteiger partial charge on any atom is -0.496 e. The number of rotatable bonds is 6. The molecule has 1 unspecified atom stereocenters. The van der Waals surface area contributed by atoms with Crippen molar-refractivity contribution in [3.63, 3.8) is 0 Å². The normalized spacial score (nSPS) is 18.4. The molecule has 1 aliphatic rings. The zero-order chi connectivity index (χ0) is 13.7. The van der Waals surface area contributed by atoms with Crippen molar-refractivity contribution in [1.82, 2.24) is 4.90 Å². The molecule has 1 heterocycles. The van der Waals surface area contributed by atoms with Gasteiger partial charge in [-0.25, -0.2) is 0 Å². The molecule has 2 nitrogen and oxygen atoms in total. The first-order valence-corrected chi connectivity index (χ1v) is 8.31. The molecule has 2 rings (SSSR count). The Balaban J connectivity index is 2.15. The molecule has 106 valence electrons. The summed E-state index contributed by atoms with van der Waals surface area (Å²) in [6.45, 7) is 6.97. The highest BCUT2D eigenvalue weighted by Gasteiger charge is 2.25. The molecule has 1 atom stereocenters. The summed E-state index contributed by atoms with van der Waals surface area (Å²) in [6.07, 6.45) is 3.60. The summed E-state index contributed by atoms with van der Waals surface area (Å²) in [5.41, 5.74) is 1.41. The van der Waals surface area contributed by atoms with E-state index in [1.807, 2.05) is 11.8 Å². The van der Waals surface area contributed by atoms with Gasteiger partial charge in [-0.15, -0.1) is 11.8 Å². The highest BCUT2D eigenvalue weighted by atomic mass is 32.2.